The van der Waals surface area contributed by atoms with E-state index in [1.54, 1.807) is 38.5 Å². The van der Waals surface area contributed by atoms with E-state index in [2.05, 4.69) is 34.6 Å². The van der Waals surface area contributed by atoms with E-state index in [9.17, 15) is 0 Å². The molecule has 170 valence electrons. The van der Waals surface area contributed by atoms with E-state index in [4.69, 9.17) is 0 Å². The third-order valence-electron chi connectivity index (χ3n) is 10.1. The van der Waals surface area contributed by atoms with Crippen LogP contribution in [-0.4, -0.2) is 0 Å². The Bertz CT molecular complexity index is 447. The van der Waals surface area contributed by atoms with Gasteiger partial charge in [-0.3, -0.25) is 0 Å². The lowest BCUT2D eigenvalue weighted by molar-refractivity contribution is 0.00320. The Labute approximate surface area is 184 Å². The Hall–Kier alpha value is 0. The fourth-order valence-electron chi connectivity index (χ4n) is 8.46. The van der Waals surface area contributed by atoms with Crippen molar-refractivity contribution in [3.8, 4) is 0 Å². The van der Waals surface area contributed by atoms with E-state index in [0.29, 0.717) is 0 Å². The molecule has 0 aromatic carbocycles. The van der Waals surface area contributed by atoms with Crippen LogP contribution in [0.15, 0.2) is 0 Å². The average Bonchev–Trinajstić information content (AvgIpc) is 3.19. The molecular weight excluding hydrogens is 348 g/mol. The van der Waals surface area contributed by atoms with Gasteiger partial charge in [0.15, 0.2) is 0 Å². The third-order valence-corrected chi connectivity index (χ3v) is 10.1. The van der Waals surface area contributed by atoms with Crippen LogP contribution in [0.25, 0.3) is 0 Å². The Kier molecular flexibility index (Phi) is 9.44. The van der Waals surface area contributed by atoms with Crippen molar-refractivity contribution in [3.63, 3.8) is 0 Å². The highest BCUT2D eigenvalue weighted by Crippen LogP contribution is 2.55. The van der Waals surface area contributed by atoms with Crippen LogP contribution < -0.4 is 0 Å². The minimum atomic E-state index is 1.00. The molecule has 4 saturated carbocycles. The van der Waals surface area contributed by atoms with Crippen molar-refractivity contribution in [2.24, 2.45) is 53.3 Å². The molecule has 0 amide bonds. The maximum Gasteiger partial charge on any atom is -0.0324 e. The average molecular weight is 403 g/mol. The molecular formula is C29H54. The summed E-state index contributed by atoms with van der Waals surface area (Å²) in [6, 6.07) is 0. The summed E-state index contributed by atoms with van der Waals surface area (Å²) in [7, 11) is 0. The monoisotopic (exact) mass is 402 g/mol. The summed E-state index contributed by atoms with van der Waals surface area (Å²) in [6.45, 7) is 12.1. The molecule has 0 nitrogen and oxygen atoms in total. The van der Waals surface area contributed by atoms with Gasteiger partial charge in [0.05, 0.1) is 0 Å². The maximum atomic E-state index is 2.59. The van der Waals surface area contributed by atoms with Crippen LogP contribution in [0.2, 0.25) is 0 Å². The lowest BCUT2D eigenvalue weighted by Gasteiger charge is -2.49. The zero-order valence-corrected chi connectivity index (χ0v) is 20.8. The first-order chi connectivity index (χ1) is 14.0. The SMILES string of the molecule is CCC1CC(C)CCC1C.CCCC1C(C)CC2CCCC2C1C1CCCCC1. The number of fused-ring (bicyclic) bond motifs is 1. The standard InChI is InChI=1S/C19H34.C10H20/c1-3-8-17-14(2)13-16-11-7-12-18(16)19(17)15-9-5-4-6-10-15;1-4-10-7-8(2)5-6-9(10)3/h14-19H,3-13H2,1-2H3;8-10H,4-7H2,1-3H3. The van der Waals surface area contributed by atoms with Gasteiger partial charge >= 0.3 is 0 Å². The summed E-state index contributed by atoms with van der Waals surface area (Å²) in [6.07, 6.45) is 22.7. The first-order valence-corrected chi connectivity index (χ1v) is 14.0. The Morgan fingerprint density at radius 2 is 1.38 bits per heavy atom. The first-order valence-electron chi connectivity index (χ1n) is 14.0. The largest absolute Gasteiger partial charge is 0.0654 e. The van der Waals surface area contributed by atoms with Crippen molar-refractivity contribution < 1.29 is 0 Å². The lowest BCUT2D eigenvalue weighted by Crippen LogP contribution is -2.41. The summed E-state index contributed by atoms with van der Waals surface area (Å²) in [5, 5.41) is 0. The van der Waals surface area contributed by atoms with Crippen molar-refractivity contribution in [3.05, 3.63) is 0 Å². The lowest BCUT2D eigenvalue weighted by atomic mass is 9.56. The highest BCUT2D eigenvalue weighted by atomic mass is 14.5. The zero-order valence-electron chi connectivity index (χ0n) is 20.8. The van der Waals surface area contributed by atoms with Crippen molar-refractivity contribution in [2.75, 3.05) is 0 Å². The fraction of sp³-hybridized carbons (Fsp3) is 1.00. The molecule has 0 N–H and O–H groups in total. The van der Waals surface area contributed by atoms with E-state index < -0.39 is 0 Å². The molecule has 8 atom stereocenters. The molecule has 4 rings (SSSR count). The van der Waals surface area contributed by atoms with E-state index in [-0.39, 0.29) is 0 Å². The van der Waals surface area contributed by atoms with Gasteiger partial charge in [-0.25, -0.2) is 0 Å². The molecule has 0 bridgehead atoms. The molecule has 0 heterocycles. The van der Waals surface area contributed by atoms with Gasteiger partial charge < -0.3 is 0 Å². The van der Waals surface area contributed by atoms with Crippen molar-refractivity contribution in [1.82, 2.24) is 0 Å². The van der Waals surface area contributed by atoms with E-state index in [1.165, 1.54) is 57.8 Å². The summed E-state index contributed by atoms with van der Waals surface area (Å²) < 4.78 is 0. The second-order valence-electron chi connectivity index (χ2n) is 12.1. The highest BCUT2D eigenvalue weighted by Gasteiger charge is 2.47. The summed E-state index contributed by atoms with van der Waals surface area (Å²) in [5.41, 5.74) is 0. The van der Waals surface area contributed by atoms with Gasteiger partial charge in [0.1, 0.15) is 0 Å². The van der Waals surface area contributed by atoms with Crippen LogP contribution in [0.1, 0.15) is 131 Å². The van der Waals surface area contributed by atoms with Gasteiger partial charge in [0, 0.05) is 0 Å². The Morgan fingerprint density at radius 3 is 2.03 bits per heavy atom. The van der Waals surface area contributed by atoms with Crippen LogP contribution in [-0.2, 0) is 0 Å². The van der Waals surface area contributed by atoms with E-state index in [0.717, 1.165) is 53.3 Å². The summed E-state index contributed by atoms with van der Waals surface area (Å²) >= 11 is 0. The molecule has 0 aromatic rings. The molecule has 4 aliphatic rings. The Morgan fingerprint density at radius 1 is 0.655 bits per heavy atom. The van der Waals surface area contributed by atoms with Crippen LogP contribution in [0.3, 0.4) is 0 Å². The molecule has 0 saturated heterocycles. The zero-order chi connectivity index (χ0) is 20.8. The van der Waals surface area contributed by atoms with E-state index >= 15 is 0 Å². The normalized spacial score (nSPS) is 43.3. The van der Waals surface area contributed by atoms with Crippen LogP contribution in [0.5, 0.6) is 0 Å². The van der Waals surface area contributed by atoms with Gasteiger partial charge in [-0.15, -0.1) is 0 Å². The quantitative estimate of drug-likeness (QED) is 0.439. The second-order valence-corrected chi connectivity index (χ2v) is 12.1. The smallest absolute Gasteiger partial charge is 0.0324 e. The van der Waals surface area contributed by atoms with Gasteiger partial charge in [0.2, 0.25) is 0 Å². The predicted molar refractivity (Wildman–Crippen MR) is 129 cm³/mol. The van der Waals surface area contributed by atoms with Crippen molar-refractivity contribution in [2.45, 2.75) is 131 Å². The molecule has 0 radical (unpaired) electrons. The molecule has 0 aromatic heterocycles. The summed E-state index contributed by atoms with van der Waals surface area (Å²) in [5.74, 6) is 9.62. The number of hydrogen-bond donors (Lipinski definition) is 0. The van der Waals surface area contributed by atoms with Crippen molar-refractivity contribution >= 4 is 0 Å². The second kappa shape index (κ2) is 11.6. The molecule has 0 heteroatoms. The van der Waals surface area contributed by atoms with Gasteiger partial charge in [-0.1, -0.05) is 112 Å². The predicted octanol–water partition coefficient (Wildman–Crippen LogP) is 9.52. The van der Waals surface area contributed by atoms with E-state index in [1.807, 2.05) is 0 Å². The topological polar surface area (TPSA) is 0 Å². The van der Waals surface area contributed by atoms with Gasteiger partial charge in [0.25, 0.3) is 0 Å². The third kappa shape index (κ3) is 6.04. The number of hydrogen-bond acceptors (Lipinski definition) is 0. The molecule has 4 fully saturated rings. The number of rotatable bonds is 4. The minimum absolute atomic E-state index is 1.00. The first kappa shape index (κ1) is 23.7. The van der Waals surface area contributed by atoms with Crippen LogP contribution in [0.4, 0.5) is 0 Å². The molecule has 8 unspecified atom stereocenters. The van der Waals surface area contributed by atoms with Gasteiger partial charge in [-0.05, 0) is 72.5 Å². The molecule has 0 aliphatic heterocycles. The minimum Gasteiger partial charge on any atom is -0.0654 e. The van der Waals surface area contributed by atoms with Crippen molar-refractivity contribution in [1.29, 1.82) is 0 Å². The molecule has 29 heavy (non-hydrogen) atoms. The fourth-order valence-corrected chi connectivity index (χ4v) is 8.46. The maximum absolute atomic E-state index is 2.59. The Balaban J connectivity index is 0.000000204. The molecule has 0 spiro atoms. The van der Waals surface area contributed by atoms with Crippen LogP contribution in [0, 0.1) is 53.3 Å². The molecule has 4 aliphatic carbocycles. The summed E-state index contributed by atoms with van der Waals surface area (Å²) in [4.78, 5) is 0. The van der Waals surface area contributed by atoms with Gasteiger partial charge in [-0.2, -0.15) is 0 Å². The highest BCUT2D eigenvalue weighted by molar-refractivity contribution is 4.96. The van der Waals surface area contributed by atoms with Crippen LogP contribution >= 0.6 is 0 Å².